The third kappa shape index (κ3) is 3.18. The van der Waals surface area contributed by atoms with Gasteiger partial charge in [-0.05, 0) is 37.0 Å². The van der Waals surface area contributed by atoms with Gasteiger partial charge in [-0.3, -0.25) is 4.79 Å². The summed E-state index contributed by atoms with van der Waals surface area (Å²) in [7, 11) is 0. The molecule has 126 valence electrons. The highest BCUT2D eigenvalue weighted by Gasteiger charge is 2.25. The van der Waals surface area contributed by atoms with Gasteiger partial charge in [0.05, 0.1) is 12.7 Å². The first-order valence-corrected chi connectivity index (χ1v) is 8.56. The van der Waals surface area contributed by atoms with Crippen molar-refractivity contribution in [2.75, 3.05) is 11.4 Å². The van der Waals surface area contributed by atoms with Gasteiger partial charge < -0.3 is 4.90 Å². The third-order valence-corrected chi connectivity index (χ3v) is 4.54. The first-order chi connectivity index (χ1) is 12.2. The Morgan fingerprint density at radius 3 is 2.84 bits per heavy atom. The molecule has 4 rings (SSSR count). The summed E-state index contributed by atoms with van der Waals surface area (Å²) < 4.78 is 1.71. The van der Waals surface area contributed by atoms with E-state index in [1.54, 1.807) is 10.9 Å². The Hall–Kier alpha value is -2.95. The molecule has 0 aliphatic carbocycles. The van der Waals surface area contributed by atoms with Crippen LogP contribution in [0.25, 0.3) is 0 Å². The van der Waals surface area contributed by atoms with Crippen LogP contribution >= 0.6 is 0 Å². The van der Waals surface area contributed by atoms with Gasteiger partial charge in [0.15, 0.2) is 5.69 Å². The number of rotatable bonds is 3. The highest BCUT2D eigenvalue weighted by molar-refractivity contribution is 6.05. The maximum atomic E-state index is 12.9. The molecule has 1 aliphatic rings. The lowest BCUT2D eigenvalue weighted by molar-refractivity contribution is 0.0980. The van der Waals surface area contributed by atoms with E-state index in [0.29, 0.717) is 12.2 Å². The molecule has 0 fully saturated rings. The van der Waals surface area contributed by atoms with Gasteiger partial charge in [-0.25, -0.2) is 4.68 Å². The first-order valence-electron chi connectivity index (χ1n) is 8.56. The summed E-state index contributed by atoms with van der Waals surface area (Å²) >= 11 is 0. The summed E-state index contributed by atoms with van der Waals surface area (Å²) in [5, 5.41) is 8.22. The molecule has 0 N–H and O–H groups in total. The largest absolute Gasteiger partial charge is 0.307 e. The molecule has 0 bridgehead atoms. The fourth-order valence-electron chi connectivity index (χ4n) is 3.32. The quantitative estimate of drug-likeness (QED) is 0.740. The average Bonchev–Trinajstić information content (AvgIpc) is 3.09. The molecule has 1 amide bonds. The van der Waals surface area contributed by atoms with Gasteiger partial charge in [0.1, 0.15) is 0 Å². The summed E-state index contributed by atoms with van der Waals surface area (Å²) in [6.45, 7) is 3.41. The lowest BCUT2D eigenvalue weighted by atomic mass is 9.99. The molecule has 2 heterocycles. The fraction of sp³-hybridized carbons (Fsp3) is 0.250. The minimum Gasteiger partial charge on any atom is -0.307 e. The summed E-state index contributed by atoms with van der Waals surface area (Å²) in [6, 6.07) is 16.3. The van der Waals surface area contributed by atoms with Crippen LogP contribution in [-0.2, 0) is 13.0 Å². The van der Waals surface area contributed by atoms with Crippen LogP contribution in [0.15, 0.2) is 54.7 Å². The maximum Gasteiger partial charge on any atom is 0.280 e. The molecule has 0 saturated carbocycles. The van der Waals surface area contributed by atoms with Crippen molar-refractivity contribution in [1.29, 1.82) is 0 Å². The number of amides is 1. The predicted molar refractivity (Wildman–Crippen MR) is 96.7 cm³/mol. The minimum atomic E-state index is -0.0795. The molecule has 0 unspecified atom stereocenters. The third-order valence-electron chi connectivity index (χ3n) is 4.54. The van der Waals surface area contributed by atoms with Crippen molar-refractivity contribution in [1.82, 2.24) is 15.0 Å². The Morgan fingerprint density at radius 1 is 1.16 bits per heavy atom. The van der Waals surface area contributed by atoms with E-state index >= 15 is 0 Å². The molecule has 0 atom stereocenters. The Labute approximate surface area is 146 Å². The molecule has 5 nitrogen and oxygen atoms in total. The number of aryl methyl sites for hydroxylation is 2. The number of fused-ring (bicyclic) bond motifs is 1. The molecular formula is C20H20N4O. The molecule has 1 aromatic heterocycles. The van der Waals surface area contributed by atoms with Crippen molar-refractivity contribution in [3.05, 3.63) is 77.1 Å². The summed E-state index contributed by atoms with van der Waals surface area (Å²) in [5.41, 5.74) is 4.98. The normalized spacial score (nSPS) is 13.6. The number of nitrogens with zero attached hydrogens (tertiary/aromatic N) is 4. The van der Waals surface area contributed by atoms with Gasteiger partial charge in [-0.15, -0.1) is 5.10 Å². The molecule has 2 aromatic carbocycles. The van der Waals surface area contributed by atoms with Crippen molar-refractivity contribution in [2.24, 2.45) is 0 Å². The molecule has 25 heavy (non-hydrogen) atoms. The monoisotopic (exact) mass is 332 g/mol. The number of hydrogen-bond acceptors (Lipinski definition) is 3. The van der Waals surface area contributed by atoms with E-state index in [0.717, 1.165) is 30.6 Å². The van der Waals surface area contributed by atoms with Gasteiger partial charge in [0.2, 0.25) is 0 Å². The van der Waals surface area contributed by atoms with Gasteiger partial charge in [-0.1, -0.05) is 53.2 Å². The highest BCUT2D eigenvalue weighted by atomic mass is 16.2. The molecule has 0 spiro atoms. The van der Waals surface area contributed by atoms with Crippen molar-refractivity contribution in [2.45, 2.75) is 26.3 Å². The SMILES string of the molecule is Cc1ccc2c(c1)CCCN2C(=O)c1cn(Cc2ccccc2)nn1. The van der Waals surface area contributed by atoms with Gasteiger partial charge in [0.25, 0.3) is 5.91 Å². The van der Waals surface area contributed by atoms with Gasteiger partial charge in [-0.2, -0.15) is 0 Å². The standard InChI is InChI=1S/C20H20N4O/c1-15-9-10-19-17(12-15)8-5-11-24(19)20(25)18-14-23(22-21-18)13-16-6-3-2-4-7-16/h2-4,6-7,9-10,12,14H,5,8,11,13H2,1H3. The van der Waals surface area contributed by atoms with Crippen molar-refractivity contribution in [3.8, 4) is 0 Å². The zero-order valence-electron chi connectivity index (χ0n) is 14.2. The Morgan fingerprint density at radius 2 is 2.00 bits per heavy atom. The number of benzene rings is 2. The van der Waals surface area contributed by atoms with E-state index in [1.807, 2.05) is 41.3 Å². The van der Waals surface area contributed by atoms with Gasteiger partial charge in [0, 0.05) is 12.2 Å². The topological polar surface area (TPSA) is 51.0 Å². The van der Waals surface area contributed by atoms with E-state index in [1.165, 1.54) is 11.1 Å². The van der Waals surface area contributed by atoms with E-state index in [4.69, 9.17) is 0 Å². The lowest BCUT2D eigenvalue weighted by Crippen LogP contribution is -2.35. The Balaban J connectivity index is 1.56. The molecule has 5 heteroatoms. The van der Waals surface area contributed by atoms with E-state index in [2.05, 4.69) is 29.4 Å². The van der Waals surface area contributed by atoms with Crippen LogP contribution in [0.4, 0.5) is 5.69 Å². The number of carbonyl (C=O) groups excluding carboxylic acids is 1. The first kappa shape index (κ1) is 15.6. The number of aromatic nitrogens is 3. The van der Waals surface area contributed by atoms with Crippen LogP contribution in [0.3, 0.4) is 0 Å². The van der Waals surface area contributed by atoms with Crippen molar-refractivity contribution in [3.63, 3.8) is 0 Å². The molecule has 0 saturated heterocycles. The maximum absolute atomic E-state index is 12.9. The van der Waals surface area contributed by atoms with Gasteiger partial charge >= 0.3 is 0 Å². The molecule has 1 aliphatic heterocycles. The second-order valence-corrected chi connectivity index (χ2v) is 6.48. The van der Waals surface area contributed by atoms with Crippen molar-refractivity contribution < 1.29 is 4.79 Å². The Kier molecular flexibility index (Phi) is 4.06. The summed E-state index contributed by atoms with van der Waals surface area (Å²) in [5.74, 6) is -0.0795. The summed E-state index contributed by atoms with van der Waals surface area (Å²) in [4.78, 5) is 14.8. The fourth-order valence-corrected chi connectivity index (χ4v) is 3.32. The predicted octanol–water partition coefficient (Wildman–Crippen LogP) is 3.23. The second kappa shape index (κ2) is 6.51. The number of hydrogen-bond donors (Lipinski definition) is 0. The van der Waals surface area contributed by atoms with E-state index in [9.17, 15) is 4.79 Å². The van der Waals surface area contributed by atoms with Crippen LogP contribution < -0.4 is 4.90 Å². The zero-order chi connectivity index (χ0) is 17.2. The second-order valence-electron chi connectivity index (χ2n) is 6.48. The number of carbonyl (C=O) groups is 1. The molecule has 0 radical (unpaired) electrons. The zero-order valence-corrected chi connectivity index (χ0v) is 14.2. The highest BCUT2D eigenvalue weighted by Crippen LogP contribution is 2.29. The van der Waals surface area contributed by atoms with Crippen LogP contribution in [0.2, 0.25) is 0 Å². The lowest BCUT2D eigenvalue weighted by Gasteiger charge is -2.29. The van der Waals surface area contributed by atoms with E-state index in [-0.39, 0.29) is 5.91 Å². The summed E-state index contributed by atoms with van der Waals surface area (Å²) in [6.07, 6.45) is 3.72. The molecular weight excluding hydrogens is 312 g/mol. The van der Waals surface area contributed by atoms with Crippen molar-refractivity contribution >= 4 is 11.6 Å². The van der Waals surface area contributed by atoms with Crippen LogP contribution in [0.5, 0.6) is 0 Å². The van der Waals surface area contributed by atoms with E-state index < -0.39 is 0 Å². The Bertz CT molecular complexity index is 901. The van der Waals surface area contributed by atoms with Crippen LogP contribution in [0.1, 0.15) is 33.6 Å². The average molecular weight is 332 g/mol. The van der Waals surface area contributed by atoms with Crippen LogP contribution in [0, 0.1) is 6.92 Å². The molecule has 3 aromatic rings. The van der Waals surface area contributed by atoms with Crippen LogP contribution in [-0.4, -0.2) is 27.4 Å². The smallest absolute Gasteiger partial charge is 0.280 e. The minimum absolute atomic E-state index is 0.0795. The number of anilines is 1.